The lowest BCUT2D eigenvalue weighted by molar-refractivity contribution is -0.129. The summed E-state index contributed by atoms with van der Waals surface area (Å²) in [6.07, 6.45) is 0.681. The summed E-state index contributed by atoms with van der Waals surface area (Å²) in [5.41, 5.74) is 1.05. The predicted molar refractivity (Wildman–Crippen MR) is 157 cm³/mol. The molecule has 1 N–H and O–H groups in total. The first-order valence-electron chi connectivity index (χ1n) is 13.9. The highest BCUT2D eigenvalue weighted by Gasteiger charge is 2.44. The van der Waals surface area contributed by atoms with E-state index < -0.39 is 23.5 Å². The van der Waals surface area contributed by atoms with Crippen LogP contribution >= 0.6 is 0 Å². The fourth-order valence-electron chi connectivity index (χ4n) is 5.28. The highest BCUT2D eigenvalue weighted by Crippen LogP contribution is 2.41. The van der Waals surface area contributed by atoms with E-state index in [2.05, 4.69) is 18.7 Å². The van der Waals surface area contributed by atoms with Gasteiger partial charge in [-0.2, -0.15) is 0 Å². The molecule has 0 bridgehead atoms. The van der Waals surface area contributed by atoms with Crippen LogP contribution in [0.4, 0.5) is 0 Å². The van der Waals surface area contributed by atoms with Crippen molar-refractivity contribution in [3.05, 3.63) is 102 Å². The summed E-state index contributed by atoms with van der Waals surface area (Å²) >= 11 is 0. The van der Waals surface area contributed by atoms with Crippen molar-refractivity contribution in [1.29, 1.82) is 0 Å². The molecule has 8 heteroatoms. The minimum atomic E-state index is -0.818. The Morgan fingerprint density at radius 2 is 1.71 bits per heavy atom. The number of ketones is 1. The van der Waals surface area contributed by atoms with Crippen LogP contribution in [0.15, 0.2) is 94.6 Å². The first-order valence-corrected chi connectivity index (χ1v) is 13.9. The number of carbonyl (C=O) groups excluding carboxylic acids is 2. The van der Waals surface area contributed by atoms with Crippen LogP contribution in [0.3, 0.4) is 0 Å². The van der Waals surface area contributed by atoms with Gasteiger partial charge in [0, 0.05) is 11.9 Å². The average molecular weight is 555 g/mol. The molecule has 41 heavy (non-hydrogen) atoms. The number of aliphatic hydroxyl groups is 1. The summed E-state index contributed by atoms with van der Waals surface area (Å²) < 4.78 is 17.4. The zero-order valence-electron chi connectivity index (χ0n) is 23.5. The molecule has 0 radical (unpaired) electrons. The molecule has 212 valence electrons. The van der Waals surface area contributed by atoms with Crippen molar-refractivity contribution in [2.45, 2.75) is 26.3 Å². The molecule has 4 aromatic rings. The Bertz CT molecular complexity index is 1570. The van der Waals surface area contributed by atoms with Gasteiger partial charge in [0.2, 0.25) is 5.78 Å². The smallest absolute Gasteiger partial charge is 0.290 e. The van der Waals surface area contributed by atoms with Gasteiger partial charge in [-0.05, 0) is 68.0 Å². The van der Waals surface area contributed by atoms with E-state index in [1.54, 1.807) is 29.2 Å². The van der Waals surface area contributed by atoms with Gasteiger partial charge in [0.15, 0.2) is 22.9 Å². The molecule has 1 aliphatic rings. The molecule has 3 aromatic carbocycles. The Morgan fingerprint density at radius 3 is 2.44 bits per heavy atom. The van der Waals surface area contributed by atoms with E-state index >= 15 is 0 Å². The monoisotopic (exact) mass is 554 g/mol. The van der Waals surface area contributed by atoms with Crippen LogP contribution in [-0.4, -0.2) is 59.9 Å². The lowest BCUT2D eigenvalue weighted by Crippen LogP contribution is -2.34. The van der Waals surface area contributed by atoms with Crippen LogP contribution in [-0.2, 0) is 4.79 Å². The predicted octanol–water partition coefficient (Wildman–Crippen LogP) is 6.54. The first kappa shape index (κ1) is 28.0. The van der Waals surface area contributed by atoms with Gasteiger partial charge >= 0.3 is 0 Å². The van der Waals surface area contributed by atoms with Crippen molar-refractivity contribution >= 4 is 22.7 Å². The van der Waals surface area contributed by atoms with Crippen molar-refractivity contribution in [3.63, 3.8) is 0 Å². The number of aliphatic hydroxyl groups excluding tert-OH is 1. The lowest BCUT2D eigenvalue weighted by Gasteiger charge is -2.28. The molecule has 8 nitrogen and oxygen atoms in total. The molecule has 0 aliphatic carbocycles. The molecule has 2 heterocycles. The number of methoxy groups -OCH3 is 1. The third kappa shape index (κ3) is 5.69. The highest BCUT2D eigenvalue weighted by molar-refractivity contribution is 6.16. The van der Waals surface area contributed by atoms with E-state index in [4.69, 9.17) is 13.9 Å². The summed E-state index contributed by atoms with van der Waals surface area (Å²) in [6, 6.07) is 22.8. The van der Waals surface area contributed by atoms with Crippen molar-refractivity contribution in [3.8, 4) is 17.2 Å². The molecular weight excluding hydrogens is 520 g/mol. The molecule has 5 rings (SSSR count). The van der Waals surface area contributed by atoms with Crippen LogP contribution in [0.25, 0.3) is 11.0 Å². The molecule has 0 saturated carbocycles. The normalized spacial score (nSPS) is 15.3. The molecule has 0 spiro atoms. The number of fused-ring (bicyclic) bond motifs is 1. The molecule has 1 amide bonds. The van der Waals surface area contributed by atoms with Crippen LogP contribution in [0.5, 0.6) is 17.2 Å². The minimum absolute atomic E-state index is 0.0190. The van der Waals surface area contributed by atoms with E-state index in [-0.39, 0.29) is 11.3 Å². The van der Waals surface area contributed by atoms with E-state index in [1.165, 1.54) is 7.11 Å². The summed E-state index contributed by atoms with van der Waals surface area (Å²) in [6.45, 7) is 7.13. The number of benzene rings is 3. The summed E-state index contributed by atoms with van der Waals surface area (Å²) in [7, 11) is 1.53. The van der Waals surface area contributed by atoms with E-state index in [0.29, 0.717) is 46.7 Å². The topological polar surface area (TPSA) is 92.5 Å². The van der Waals surface area contributed by atoms with Crippen molar-refractivity contribution in [1.82, 2.24) is 9.80 Å². The maximum atomic E-state index is 14.0. The zero-order valence-corrected chi connectivity index (χ0v) is 23.5. The Labute approximate surface area is 239 Å². The maximum absolute atomic E-state index is 14.0. The van der Waals surface area contributed by atoms with E-state index in [1.807, 2.05) is 54.6 Å². The number of Topliss-reactive ketones (excluding diaryl/α,β-unsaturated/α-hetero) is 1. The van der Waals surface area contributed by atoms with Gasteiger partial charge < -0.3 is 28.8 Å². The Kier molecular flexibility index (Phi) is 8.40. The van der Waals surface area contributed by atoms with E-state index in [9.17, 15) is 14.7 Å². The van der Waals surface area contributed by atoms with Crippen LogP contribution in [0, 0.1) is 0 Å². The Hall–Kier alpha value is -4.56. The van der Waals surface area contributed by atoms with Gasteiger partial charge in [0.05, 0.1) is 18.7 Å². The first-order chi connectivity index (χ1) is 19.9. The average Bonchev–Trinajstić information content (AvgIpc) is 3.55. The number of para-hydroxylation sites is 2. The minimum Gasteiger partial charge on any atom is -0.503 e. The second kappa shape index (κ2) is 12.3. The molecule has 0 saturated heterocycles. The Morgan fingerprint density at radius 1 is 0.976 bits per heavy atom. The number of furan rings is 1. The number of amides is 1. The van der Waals surface area contributed by atoms with Crippen LogP contribution < -0.4 is 9.47 Å². The third-order valence-electron chi connectivity index (χ3n) is 7.42. The van der Waals surface area contributed by atoms with E-state index in [0.717, 1.165) is 19.6 Å². The summed E-state index contributed by atoms with van der Waals surface area (Å²) in [4.78, 5) is 31.3. The van der Waals surface area contributed by atoms with Crippen LogP contribution in [0.2, 0.25) is 0 Å². The molecule has 0 fully saturated rings. The van der Waals surface area contributed by atoms with Crippen molar-refractivity contribution in [2.24, 2.45) is 0 Å². The molecule has 1 unspecified atom stereocenters. The summed E-state index contributed by atoms with van der Waals surface area (Å²) in [5.74, 6) is 0.0171. The maximum Gasteiger partial charge on any atom is 0.290 e. The van der Waals surface area contributed by atoms with Gasteiger partial charge in [-0.1, -0.05) is 56.3 Å². The molecule has 1 atom stereocenters. The van der Waals surface area contributed by atoms with Crippen LogP contribution in [0.1, 0.15) is 42.4 Å². The molecule has 1 aliphatic heterocycles. The molecule has 1 aromatic heterocycles. The number of carbonyl (C=O) groups is 2. The van der Waals surface area contributed by atoms with Crippen molar-refractivity contribution < 1.29 is 28.6 Å². The van der Waals surface area contributed by atoms with Crippen molar-refractivity contribution in [2.75, 3.05) is 33.3 Å². The largest absolute Gasteiger partial charge is 0.503 e. The number of rotatable bonds is 12. The van der Waals surface area contributed by atoms with Gasteiger partial charge in [-0.15, -0.1) is 0 Å². The summed E-state index contributed by atoms with van der Waals surface area (Å²) in [5, 5.41) is 11.8. The second-order valence-electron chi connectivity index (χ2n) is 9.85. The SMILES string of the molecule is CCN(CC)CCCN1C(=O)C(O)=C(C(=O)c2cc3cccc(OC)c3o2)C1c1cccc(Oc2ccccc2)c1. The highest BCUT2D eigenvalue weighted by atomic mass is 16.5. The fourth-order valence-corrected chi connectivity index (χ4v) is 5.28. The number of hydrogen-bond acceptors (Lipinski definition) is 7. The number of ether oxygens (including phenoxy) is 2. The zero-order chi connectivity index (χ0) is 28.9. The van der Waals surface area contributed by atoms with Gasteiger partial charge in [0.1, 0.15) is 11.5 Å². The number of hydrogen-bond donors (Lipinski definition) is 1. The Balaban J connectivity index is 1.52. The quantitative estimate of drug-likeness (QED) is 0.199. The lowest BCUT2D eigenvalue weighted by atomic mass is 9.94. The standard InChI is InChI=1S/C33H34N2O6/c1-4-34(5-2)18-11-19-35-29(22-12-9-16-25(20-22)40-24-14-7-6-8-15-24)28(31(37)33(35)38)30(36)27-21-23-13-10-17-26(39-3)32(23)41-27/h6-10,12-17,20-21,29,37H,4-5,11,18-19H2,1-3H3. The van der Waals surface area contributed by atoms with Gasteiger partial charge in [-0.25, -0.2) is 0 Å². The fraction of sp³-hybridized carbons (Fsp3) is 0.273. The third-order valence-corrected chi connectivity index (χ3v) is 7.42. The van der Waals surface area contributed by atoms with Gasteiger partial charge in [-0.3, -0.25) is 9.59 Å². The molecular formula is C33H34N2O6. The second-order valence-corrected chi connectivity index (χ2v) is 9.85. The number of nitrogens with zero attached hydrogens (tertiary/aromatic N) is 2. The van der Waals surface area contributed by atoms with Gasteiger partial charge in [0.25, 0.3) is 5.91 Å².